The van der Waals surface area contributed by atoms with Gasteiger partial charge in [-0.15, -0.1) is 0 Å². The van der Waals surface area contributed by atoms with Crippen LogP contribution in [-0.4, -0.2) is 48.6 Å². The molecule has 1 aliphatic rings. The molecule has 0 spiro atoms. The zero-order valence-electron chi connectivity index (χ0n) is 14.1. The molecule has 12 heteroatoms. The number of carbonyl (C=O) groups is 2. The number of halogens is 1. The van der Waals surface area contributed by atoms with Crippen molar-refractivity contribution in [3.63, 3.8) is 0 Å². The van der Waals surface area contributed by atoms with E-state index in [4.69, 9.17) is 16.3 Å². The molecule has 0 radical (unpaired) electrons. The molecule has 0 aromatic heterocycles. The number of anilines is 1. The van der Waals surface area contributed by atoms with Gasteiger partial charge in [0.05, 0.1) is 11.6 Å². The van der Waals surface area contributed by atoms with E-state index in [-0.39, 0.29) is 41.2 Å². The maximum Gasteiger partial charge on any atom is 1.00 e. The van der Waals surface area contributed by atoms with Crippen LogP contribution in [0.1, 0.15) is 6.92 Å². The van der Waals surface area contributed by atoms with Crippen LogP contribution < -0.4 is 39.8 Å². The summed E-state index contributed by atoms with van der Waals surface area (Å²) in [5.41, 5.74) is 0.349. The van der Waals surface area contributed by atoms with Gasteiger partial charge < -0.3 is 14.6 Å². The first-order valence-electron chi connectivity index (χ1n) is 7.12. The average Bonchev–Trinajstić information content (AvgIpc) is 2.55. The summed E-state index contributed by atoms with van der Waals surface area (Å²) in [5, 5.41) is -0.101. The van der Waals surface area contributed by atoms with E-state index in [1.807, 2.05) is 0 Å². The van der Waals surface area contributed by atoms with Gasteiger partial charge in [-0.1, -0.05) is 29.8 Å². The molecule has 1 unspecified atom stereocenters. The Bertz CT molecular complexity index is 789. The van der Waals surface area contributed by atoms with Crippen LogP contribution in [0.25, 0.3) is 0 Å². The van der Waals surface area contributed by atoms with E-state index in [1.165, 1.54) is 0 Å². The molecule has 0 bridgehead atoms. The Morgan fingerprint density at radius 1 is 1.38 bits per heavy atom. The van der Waals surface area contributed by atoms with Crippen LogP contribution in [-0.2, 0) is 14.9 Å². The zero-order chi connectivity index (χ0) is 18.6. The van der Waals surface area contributed by atoms with E-state index in [2.05, 4.69) is 5.32 Å². The fourth-order valence-electron chi connectivity index (χ4n) is 2.18. The molecule has 9 nitrogen and oxygen atoms in total. The Morgan fingerprint density at radius 3 is 2.54 bits per heavy atom. The summed E-state index contributed by atoms with van der Waals surface area (Å²) in [6, 6.07) is 7.25. The van der Waals surface area contributed by atoms with Gasteiger partial charge in [-0.3, -0.25) is 9.80 Å². The summed E-state index contributed by atoms with van der Waals surface area (Å²) in [4.78, 5) is 26.0. The zero-order valence-corrected chi connectivity index (χ0v) is 17.7. The predicted octanol–water partition coefficient (Wildman–Crippen LogP) is -1.41. The molecule has 0 aliphatic carbocycles. The number of nitrogens with one attached hydrogen (secondary N) is 1. The number of nitrogens with zero attached hydrogens (tertiary/aromatic N) is 2. The predicted molar refractivity (Wildman–Crippen MR) is 88.6 cm³/mol. The summed E-state index contributed by atoms with van der Waals surface area (Å²) in [6.45, 7) is 1.11. The van der Waals surface area contributed by atoms with Crippen molar-refractivity contribution in [1.29, 1.82) is 0 Å². The largest absolute Gasteiger partial charge is 1.00 e. The van der Waals surface area contributed by atoms with E-state index in [0.717, 1.165) is 11.1 Å². The summed E-state index contributed by atoms with van der Waals surface area (Å²) >= 11 is 5.79. The van der Waals surface area contributed by atoms with Crippen molar-refractivity contribution in [2.24, 2.45) is 0 Å². The van der Waals surface area contributed by atoms with Gasteiger partial charge in [-0.05, 0) is 19.1 Å². The molecule has 1 aromatic rings. The standard InChI is InChI=1S/C14H16ClN3O6S.Na/c1-2-24-14(20)17(10-6-4-3-5-7-10)9-18-12(25(21,22)23)11(15)8-16-13(18)19;/h3-8,12H,2,9H2,1H3,(H,16,19)(H,21,22,23);/q;+1/p-1. The fourth-order valence-corrected chi connectivity index (χ4v) is 3.50. The van der Waals surface area contributed by atoms with Gasteiger partial charge in [0.1, 0.15) is 16.8 Å². The Balaban J connectivity index is 0.00000338. The first kappa shape index (κ1) is 22.7. The molecule has 1 heterocycles. The molecular formula is C14H15ClN3NaO6S. The van der Waals surface area contributed by atoms with Crippen LogP contribution in [0.2, 0.25) is 0 Å². The van der Waals surface area contributed by atoms with E-state index in [1.54, 1.807) is 37.3 Å². The van der Waals surface area contributed by atoms with Crippen molar-refractivity contribution in [3.8, 4) is 0 Å². The van der Waals surface area contributed by atoms with Gasteiger partial charge >= 0.3 is 41.7 Å². The number of rotatable bonds is 5. The number of amides is 3. The number of hydrogen-bond acceptors (Lipinski definition) is 6. The molecule has 0 saturated heterocycles. The third kappa shape index (κ3) is 5.35. The molecule has 136 valence electrons. The molecule has 1 aromatic carbocycles. The number of hydrogen-bond donors (Lipinski definition) is 1. The van der Waals surface area contributed by atoms with E-state index in [9.17, 15) is 22.6 Å². The Kier molecular flexibility index (Phi) is 8.38. The van der Waals surface area contributed by atoms with Crippen LogP contribution >= 0.6 is 11.6 Å². The van der Waals surface area contributed by atoms with Crippen molar-refractivity contribution in [3.05, 3.63) is 41.6 Å². The number of ether oxygens (including phenoxy) is 1. The third-order valence-electron chi connectivity index (χ3n) is 3.24. The van der Waals surface area contributed by atoms with Crippen molar-refractivity contribution < 1.29 is 56.9 Å². The third-order valence-corrected chi connectivity index (χ3v) is 4.74. The van der Waals surface area contributed by atoms with Crippen molar-refractivity contribution in [2.75, 3.05) is 18.2 Å². The summed E-state index contributed by atoms with van der Waals surface area (Å²) in [6.07, 6.45) is 0.117. The molecule has 3 amide bonds. The van der Waals surface area contributed by atoms with Gasteiger partial charge in [0, 0.05) is 11.9 Å². The summed E-state index contributed by atoms with van der Waals surface area (Å²) < 4.78 is 39.5. The van der Waals surface area contributed by atoms with Gasteiger partial charge in [-0.2, -0.15) is 0 Å². The molecule has 2 rings (SSSR count). The topological polar surface area (TPSA) is 119 Å². The quantitative estimate of drug-likeness (QED) is 0.469. The normalized spacial score (nSPS) is 16.9. The smallest absolute Gasteiger partial charge is 0.746 e. The number of urea groups is 1. The fraction of sp³-hybridized carbons (Fsp3) is 0.286. The number of benzene rings is 1. The molecule has 0 fully saturated rings. The van der Waals surface area contributed by atoms with Crippen molar-refractivity contribution >= 4 is 39.5 Å². The maximum atomic E-state index is 12.2. The van der Waals surface area contributed by atoms with E-state index >= 15 is 0 Å². The first-order valence-corrected chi connectivity index (χ1v) is 8.97. The minimum absolute atomic E-state index is 0. The summed E-state index contributed by atoms with van der Waals surface area (Å²) in [5.74, 6) is 0. The van der Waals surface area contributed by atoms with Crippen LogP contribution in [0.3, 0.4) is 0 Å². The molecule has 1 aliphatic heterocycles. The Morgan fingerprint density at radius 2 is 2.00 bits per heavy atom. The molecule has 1 N–H and O–H groups in total. The van der Waals surface area contributed by atoms with Gasteiger partial charge in [0.25, 0.3) is 0 Å². The molecule has 1 atom stereocenters. The van der Waals surface area contributed by atoms with Crippen LogP contribution in [0.5, 0.6) is 0 Å². The second-order valence-electron chi connectivity index (χ2n) is 4.90. The van der Waals surface area contributed by atoms with Crippen LogP contribution in [0, 0.1) is 0 Å². The first-order chi connectivity index (χ1) is 11.8. The van der Waals surface area contributed by atoms with E-state index < -0.39 is 34.3 Å². The van der Waals surface area contributed by atoms with Gasteiger partial charge in [0.15, 0.2) is 5.37 Å². The molecule has 0 saturated carbocycles. The maximum absolute atomic E-state index is 12.2. The minimum Gasteiger partial charge on any atom is -0.746 e. The van der Waals surface area contributed by atoms with Gasteiger partial charge in [0.2, 0.25) is 0 Å². The van der Waals surface area contributed by atoms with E-state index in [0.29, 0.717) is 10.6 Å². The second kappa shape index (κ2) is 9.58. The van der Waals surface area contributed by atoms with Crippen LogP contribution in [0.15, 0.2) is 41.6 Å². The van der Waals surface area contributed by atoms with Crippen molar-refractivity contribution in [2.45, 2.75) is 12.3 Å². The van der Waals surface area contributed by atoms with Crippen LogP contribution in [0.4, 0.5) is 15.3 Å². The SMILES string of the molecule is CCOC(=O)N(CN1C(=O)NC=C(Cl)C1S(=O)(=O)[O-])c1ccccc1.[Na+]. The number of carbonyl (C=O) groups excluding carboxylic acids is 2. The number of para-hydroxylation sites is 1. The monoisotopic (exact) mass is 411 g/mol. The second-order valence-corrected chi connectivity index (χ2v) is 6.77. The summed E-state index contributed by atoms with van der Waals surface area (Å²) in [7, 11) is -4.99. The van der Waals surface area contributed by atoms with Crippen molar-refractivity contribution in [1.82, 2.24) is 10.2 Å². The molecular weight excluding hydrogens is 397 g/mol. The average molecular weight is 412 g/mol. The molecule has 26 heavy (non-hydrogen) atoms. The minimum atomic E-state index is -4.99. The Hall–Kier alpha value is -1.30. The Labute approximate surface area is 178 Å². The van der Waals surface area contributed by atoms with Gasteiger partial charge in [-0.25, -0.2) is 18.0 Å².